The van der Waals surface area contributed by atoms with Gasteiger partial charge in [-0.2, -0.15) is 5.10 Å². The maximum Gasteiger partial charge on any atom is 0.255 e. The van der Waals surface area contributed by atoms with Gasteiger partial charge in [0.15, 0.2) is 9.84 Å². The lowest BCUT2D eigenvalue weighted by atomic mass is 10.0. The molecule has 4 rings (SSSR count). The molecule has 3 aromatic rings. The minimum absolute atomic E-state index is 0.125. The quantitative estimate of drug-likeness (QED) is 0.497. The fraction of sp³-hybridized carbons (Fsp3) is 0.409. The topological polar surface area (TPSA) is 120 Å². The van der Waals surface area contributed by atoms with Gasteiger partial charge in [-0.15, -0.1) is 0 Å². The molecule has 3 N–H and O–H groups in total. The third kappa shape index (κ3) is 5.08. The van der Waals surface area contributed by atoms with Crippen molar-refractivity contribution < 1.29 is 13.2 Å². The predicted octanol–water partition coefficient (Wildman–Crippen LogP) is 1.91. The van der Waals surface area contributed by atoms with E-state index >= 15 is 0 Å². The van der Waals surface area contributed by atoms with E-state index in [1.165, 1.54) is 0 Å². The van der Waals surface area contributed by atoms with E-state index in [1.807, 2.05) is 38.2 Å². The minimum atomic E-state index is -2.91. The van der Waals surface area contributed by atoms with Crippen LogP contribution in [0.25, 0.3) is 22.0 Å². The second-order valence-corrected chi connectivity index (χ2v) is 10.6. The first kappa shape index (κ1) is 22.2. The van der Waals surface area contributed by atoms with Crippen LogP contribution in [0.5, 0.6) is 0 Å². The number of nitrogens with one attached hydrogen (secondary N) is 3. The molecule has 0 atom stereocenters. The first-order valence-corrected chi connectivity index (χ1v) is 12.5. The summed E-state index contributed by atoms with van der Waals surface area (Å²) in [6, 6.07) is 6.07. The molecule has 0 saturated carbocycles. The number of nitrogens with zero attached hydrogens (tertiary/aromatic N) is 3. The molecule has 0 radical (unpaired) electrons. The van der Waals surface area contributed by atoms with Gasteiger partial charge in [-0.3, -0.25) is 19.8 Å². The smallest absolute Gasteiger partial charge is 0.255 e. The zero-order valence-electron chi connectivity index (χ0n) is 18.3. The van der Waals surface area contributed by atoms with Crippen molar-refractivity contribution in [2.24, 2.45) is 0 Å². The second-order valence-electron chi connectivity index (χ2n) is 8.31. The van der Waals surface area contributed by atoms with Crippen molar-refractivity contribution in [3.63, 3.8) is 0 Å². The van der Waals surface area contributed by atoms with Gasteiger partial charge in [0, 0.05) is 55.6 Å². The Balaban J connectivity index is 1.54. The molecule has 1 aliphatic rings. The number of hydrogen-bond donors (Lipinski definition) is 3. The van der Waals surface area contributed by atoms with E-state index in [-0.39, 0.29) is 23.5 Å². The molecule has 1 aliphatic heterocycles. The van der Waals surface area contributed by atoms with Crippen molar-refractivity contribution in [2.75, 3.05) is 43.0 Å². The number of amides is 1. The number of carbonyl (C=O) groups excluding carboxylic acids is 1. The van der Waals surface area contributed by atoms with Crippen molar-refractivity contribution in [1.82, 2.24) is 25.4 Å². The van der Waals surface area contributed by atoms with Gasteiger partial charge in [-0.25, -0.2) is 8.42 Å². The molecule has 10 heteroatoms. The highest BCUT2D eigenvalue weighted by Crippen LogP contribution is 2.30. The molecule has 1 amide bonds. The highest BCUT2D eigenvalue weighted by atomic mass is 32.2. The van der Waals surface area contributed by atoms with Gasteiger partial charge in [-0.1, -0.05) is 6.07 Å². The van der Waals surface area contributed by atoms with E-state index < -0.39 is 9.84 Å². The molecule has 0 bridgehead atoms. The molecular weight excluding hydrogens is 428 g/mol. The lowest BCUT2D eigenvalue weighted by Gasteiger charge is -2.26. The van der Waals surface area contributed by atoms with Crippen LogP contribution < -0.4 is 10.6 Å². The molecule has 0 aliphatic carbocycles. The zero-order chi connectivity index (χ0) is 22.7. The van der Waals surface area contributed by atoms with Crippen LogP contribution in [0.1, 0.15) is 24.2 Å². The predicted molar refractivity (Wildman–Crippen MR) is 126 cm³/mol. The summed E-state index contributed by atoms with van der Waals surface area (Å²) < 4.78 is 23.2. The van der Waals surface area contributed by atoms with Gasteiger partial charge in [0.25, 0.3) is 5.91 Å². The van der Waals surface area contributed by atoms with Crippen molar-refractivity contribution in [3.8, 4) is 11.1 Å². The summed E-state index contributed by atoms with van der Waals surface area (Å²) in [7, 11) is -2.91. The first-order valence-electron chi connectivity index (χ1n) is 10.7. The highest BCUT2D eigenvalue weighted by Gasteiger charge is 2.22. The first-order chi connectivity index (χ1) is 15.3. The molecule has 1 fully saturated rings. The molecule has 170 valence electrons. The van der Waals surface area contributed by atoms with E-state index in [2.05, 4.69) is 30.7 Å². The number of H-pyrrole nitrogens is 1. The molecule has 1 saturated heterocycles. The standard InChI is InChI=1S/C22H28N6O3S/c1-15(2)27-21-18-11-16(17-12-25-26-13-17)3-4-20(18)24-14-19(21)22(29)23-5-6-28-7-9-32(30,31)10-8-28/h3-4,11-15H,5-10H2,1-2H3,(H,23,29)(H,24,27)(H,25,26). The molecule has 0 unspecified atom stereocenters. The van der Waals surface area contributed by atoms with Crippen LogP contribution in [0.4, 0.5) is 5.69 Å². The number of anilines is 1. The van der Waals surface area contributed by atoms with E-state index in [9.17, 15) is 13.2 Å². The van der Waals surface area contributed by atoms with Gasteiger partial charge >= 0.3 is 0 Å². The van der Waals surface area contributed by atoms with Gasteiger partial charge in [-0.05, 0) is 31.5 Å². The second kappa shape index (κ2) is 9.25. The Hall–Kier alpha value is -2.98. The number of fused-ring (bicyclic) bond motifs is 1. The van der Waals surface area contributed by atoms with Gasteiger partial charge < -0.3 is 10.6 Å². The van der Waals surface area contributed by atoms with Gasteiger partial charge in [0.05, 0.1) is 34.5 Å². The maximum absolute atomic E-state index is 13.0. The number of sulfone groups is 1. The number of hydrogen-bond acceptors (Lipinski definition) is 7. The molecule has 0 spiro atoms. The molecular formula is C22H28N6O3S. The van der Waals surface area contributed by atoms with Crippen LogP contribution in [0, 0.1) is 0 Å². The fourth-order valence-electron chi connectivity index (χ4n) is 3.79. The Labute approximate surface area is 187 Å². The van der Waals surface area contributed by atoms with Gasteiger partial charge in [0.1, 0.15) is 0 Å². The van der Waals surface area contributed by atoms with Crippen molar-refractivity contribution >= 4 is 32.3 Å². The lowest BCUT2D eigenvalue weighted by Crippen LogP contribution is -2.43. The summed E-state index contributed by atoms with van der Waals surface area (Å²) in [5, 5.41) is 14.1. The number of aromatic nitrogens is 3. The summed E-state index contributed by atoms with van der Waals surface area (Å²) in [4.78, 5) is 19.6. The number of aromatic amines is 1. The van der Waals surface area contributed by atoms with E-state index in [1.54, 1.807) is 12.4 Å². The summed E-state index contributed by atoms with van der Waals surface area (Å²) in [5.41, 5.74) is 3.97. The number of pyridine rings is 1. The third-order valence-electron chi connectivity index (χ3n) is 5.53. The largest absolute Gasteiger partial charge is 0.382 e. The molecule has 2 aromatic heterocycles. The minimum Gasteiger partial charge on any atom is -0.382 e. The van der Waals surface area contributed by atoms with Crippen LogP contribution in [-0.4, -0.2) is 78.1 Å². The van der Waals surface area contributed by atoms with Crippen LogP contribution in [0.2, 0.25) is 0 Å². The Morgan fingerprint density at radius 1 is 1.19 bits per heavy atom. The Kier molecular flexibility index (Phi) is 6.43. The Bertz CT molecular complexity index is 1190. The Morgan fingerprint density at radius 3 is 2.66 bits per heavy atom. The van der Waals surface area contributed by atoms with Crippen LogP contribution in [-0.2, 0) is 9.84 Å². The number of rotatable bonds is 7. The number of carbonyl (C=O) groups is 1. The fourth-order valence-corrected chi connectivity index (χ4v) is 5.07. The van der Waals surface area contributed by atoms with Crippen molar-refractivity contribution in [1.29, 1.82) is 0 Å². The van der Waals surface area contributed by atoms with Crippen molar-refractivity contribution in [2.45, 2.75) is 19.9 Å². The van der Waals surface area contributed by atoms with Gasteiger partial charge in [0.2, 0.25) is 0 Å². The lowest BCUT2D eigenvalue weighted by molar-refractivity contribution is 0.0949. The highest BCUT2D eigenvalue weighted by molar-refractivity contribution is 7.91. The average Bonchev–Trinajstić information content (AvgIpc) is 3.29. The third-order valence-corrected chi connectivity index (χ3v) is 7.14. The summed E-state index contributed by atoms with van der Waals surface area (Å²) in [5.74, 6) is 0.148. The summed E-state index contributed by atoms with van der Waals surface area (Å²) in [6.07, 6.45) is 5.19. The van der Waals surface area contributed by atoms with Crippen molar-refractivity contribution in [3.05, 3.63) is 42.4 Å². The van der Waals surface area contributed by atoms with E-state index in [0.717, 1.165) is 27.7 Å². The van der Waals surface area contributed by atoms with Crippen LogP contribution in [0.3, 0.4) is 0 Å². The van der Waals surface area contributed by atoms with Crippen LogP contribution >= 0.6 is 0 Å². The normalized spacial score (nSPS) is 16.3. The SMILES string of the molecule is CC(C)Nc1c(C(=O)NCCN2CCS(=O)(=O)CC2)cnc2ccc(-c3cn[nH]c3)cc12. The monoisotopic (exact) mass is 456 g/mol. The molecule has 1 aromatic carbocycles. The average molecular weight is 457 g/mol. The molecule has 32 heavy (non-hydrogen) atoms. The summed E-state index contributed by atoms with van der Waals surface area (Å²) >= 11 is 0. The Morgan fingerprint density at radius 2 is 1.97 bits per heavy atom. The van der Waals surface area contributed by atoms with E-state index in [4.69, 9.17) is 0 Å². The molecule has 3 heterocycles. The number of benzene rings is 1. The van der Waals surface area contributed by atoms with Crippen LogP contribution in [0.15, 0.2) is 36.8 Å². The zero-order valence-corrected chi connectivity index (χ0v) is 19.1. The maximum atomic E-state index is 13.0. The molecule has 9 nitrogen and oxygen atoms in total. The van der Waals surface area contributed by atoms with E-state index in [0.29, 0.717) is 31.7 Å². The summed E-state index contributed by atoms with van der Waals surface area (Å²) in [6.45, 7) is 6.11.